The van der Waals surface area contributed by atoms with Gasteiger partial charge in [-0.1, -0.05) is 44.0 Å². The van der Waals surface area contributed by atoms with E-state index in [-0.39, 0.29) is 17.2 Å². The first kappa shape index (κ1) is 20.2. The summed E-state index contributed by atoms with van der Waals surface area (Å²) in [4.78, 5) is 26.3. The second-order valence-corrected chi connectivity index (χ2v) is 9.07. The Balaban J connectivity index is 1.85. The Morgan fingerprint density at radius 3 is 2.37 bits per heavy atom. The first-order valence-electron chi connectivity index (χ1n) is 8.29. The van der Waals surface area contributed by atoms with Crippen molar-refractivity contribution in [2.75, 3.05) is 0 Å². The number of benzene rings is 2. The molecule has 2 aromatic rings. The molecule has 1 aliphatic heterocycles. The lowest BCUT2D eigenvalue weighted by molar-refractivity contribution is -0.123. The Kier molecular flexibility index (Phi) is 6.44. The van der Waals surface area contributed by atoms with Gasteiger partial charge in [0.25, 0.3) is 11.1 Å². The second-order valence-electron chi connectivity index (χ2n) is 6.24. The monoisotopic (exact) mass is 509 g/mol. The van der Waals surface area contributed by atoms with Gasteiger partial charge in [-0.2, -0.15) is 0 Å². The summed E-state index contributed by atoms with van der Waals surface area (Å²) < 4.78 is 7.84. The number of imide groups is 1. The molecular weight excluding hydrogens is 494 g/mol. The zero-order chi connectivity index (χ0) is 19.6. The number of ether oxygens (including phenoxy) is 1. The molecule has 1 heterocycles. The zero-order valence-electron chi connectivity index (χ0n) is 14.7. The number of halogens is 2. The Labute approximate surface area is 179 Å². The summed E-state index contributed by atoms with van der Waals surface area (Å²) in [5, 5.41) is -0.242. The summed E-state index contributed by atoms with van der Waals surface area (Å²) in [6, 6.07) is 13.3. The Hall–Kier alpha value is -1.57. The molecule has 0 aliphatic carbocycles. The topological polar surface area (TPSA) is 46.6 Å². The molecule has 0 N–H and O–H groups in total. The van der Waals surface area contributed by atoms with Crippen molar-refractivity contribution in [1.29, 1.82) is 0 Å². The SMILES string of the molecule is CC(C)N1C(=O)S/C(=C/c2cc(Br)ccc2OCc2ccc(Br)cc2)C1=O. The molecule has 1 saturated heterocycles. The van der Waals surface area contributed by atoms with Crippen LogP contribution in [0.25, 0.3) is 6.08 Å². The number of hydrogen-bond acceptors (Lipinski definition) is 4. The molecule has 0 aromatic heterocycles. The van der Waals surface area contributed by atoms with Crippen molar-refractivity contribution in [2.24, 2.45) is 0 Å². The number of carbonyl (C=O) groups is 2. The molecule has 140 valence electrons. The van der Waals surface area contributed by atoms with Crippen LogP contribution in [0.1, 0.15) is 25.0 Å². The highest BCUT2D eigenvalue weighted by molar-refractivity contribution is 9.10. The van der Waals surface area contributed by atoms with Crippen LogP contribution in [0.2, 0.25) is 0 Å². The second kappa shape index (κ2) is 8.63. The maximum Gasteiger partial charge on any atom is 0.293 e. The standard InChI is InChI=1S/C20H17Br2NO3S/c1-12(2)23-19(24)18(27-20(23)25)10-14-9-16(22)7-8-17(14)26-11-13-3-5-15(21)6-4-13/h3-10,12H,11H2,1-2H3/b18-10+. The Bertz CT molecular complexity index is 910. The molecule has 7 heteroatoms. The van der Waals surface area contributed by atoms with Crippen molar-refractivity contribution < 1.29 is 14.3 Å². The Morgan fingerprint density at radius 1 is 1.07 bits per heavy atom. The van der Waals surface area contributed by atoms with E-state index < -0.39 is 0 Å². The van der Waals surface area contributed by atoms with E-state index in [4.69, 9.17) is 4.74 Å². The highest BCUT2D eigenvalue weighted by Gasteiger charge is 2.36. The van der Waals surface area contributed by atoms with Crippen LogP contribution in [-0.4, -0.2) is 22.1 Å². The maximum absolute atomic E-state index is 12.5. The molecule has 0 saturated carbocycles. The minimum Gasteiger partial charge on any atom is -0.488 e. The fraction of sp³-hybridized carbons (Fsp3) is 0.200. The number of rotatable bonds is 5. The molecular formula is C20H17Br2NO3S. The lowest BCUT2D eigenvalue weighted by atomic mass is 10.1. The summed E-state index contributed by atoms with van der Waals surface area (Å²) in [7, 11) is 0. The number of nitrogens with zero attached hydrogens (tertiary/aromatic N) is 1. The average Bonchev–Trinajstić information content (AvgIpc) is 2.89. The summed E-state index contributed by atoms with van der Waals surface area (Å²) in [5.74, 6) is 0.385. The van der Waals surface area contributed by atoms with Crippen LogP contribution in [0.3, 0.4) is 0 Å². The van der Waals surface area contributed by atoms with E-state index in [1.807, 2.05) is 56.3 Å². The molecule has 1 fully saturated rings. The number of thioether (sulfide) groups is 1. The van der Waals surface area contributed by atoms with Gasteiger partial charge in [0.15, 0.2) is 0 Å². The van der Waals surface area contributed by atoms with Gasteiger partial charge in [-0.25, -0.2) is 0 Å². The van der Waals surface area contributed by atoms with E-state index in [0.29, 0.717) is 17.3 Å². The van der Waals surface area contributed by atoms with E-state index >= 15 is 0 Å². The van der Waals surface area contributed by atoms with Crippen LogP contribution in [0.15, 0.2) is 56.3 Å². The molecule has 27 heavy (non-hydrogen) atoms. The first-order chi connectivity index (χ1) is 12.8. The van der Waals surface area contributed by atoms with Crippen molar-refractivity contribution in [3.63, 3.8) is 0 Å². The van der Waals surface area contributed by atoms with Crippen LogP contribution in [-0.2, 0) is 11.4 Å². The van der Waals surface area contributed by atoms with Crippen molar-refractivity contribution >= 4 is 60.8 Å². The lowest BCUT2D eigenvalue weighted by Gasteiger charge is -2.16. The highest BCUT2D eigenvalue weighted by atomic mass is 79.9. The maximum atomic E-state index is 12.5. The molecule has 4 nitrogen and oxygen atoms in total. The molecule has 0 spiro atoms. The molecule has 0 unspecified atom stereocenters. The normalized spacial score (nSPS) is 15.9. The number of carbonyl (C=O) groups excluding carboxylic acids is 2. The summed E-state index contributed by atoms with van der Waals surface area (Å²) in [6.45, 7) is 4.06. The predicted octanol–water partition coefficient (Wildman–Crippen LogP) is 6.24. The average molecular weight is 511 g/mol. The van der Waals surface area contributed by atoms with E-state index in [9.17, 15) is 9.59 Å². The fourth-order valence-corrected chi connectivity index (χ4v) is 4.17. The van der Waals surface area contributed by atoms with Crippen LogP contribution < -0.4 is 4.74 Å². The van der Waals surface area contributed by atoms with Gasteiger partial charge < -0.3 is 4.74 Å². The largest absolute Gasteiger partial charge is 0.488 e. The molecule has 1 aliphatic rings. The first-order valence-corrected chi connectivity index (χ1v) is 10.7. The quantitative estimate of drug-likeness (QED) is 0.447. The van der Waals surface area contributed by atoms with Crippen molar-refractivity contribution in [3.05, 3.63) is 67.4 Å². The van der Waals surface area contributed by atoms with Gasteiger partial charge in [0.2, 0.25) is 0 Å². The van der Waals surface area contributed by atoms with Crippen molar-refractivity contribution in [3.8, 4) is 5.75 Å². The van der Waals surface area contributed by atoms with Gasteiger partial charge >= 0.3 is 0 Å². The summed E-state index contributed by atoms with van der Waals surface area (Å²) in [5.41, 5.74) is 1.78. The molecule has 3 rings (SSSR count). The molecule has 2 amide bonds. The predicted molar refractivity (Wildman–Crippen MR) is 116 cm³/mol. The van der Waals surface area contributed by atoms with Crippen LogP contribution >= 0.6 is 43.6 Å². The van der Waals surface area contributed by atoms with E-state index in [1.165, 1.54) is 4.90 Å². The third-order valence-electron chi connectivity index (χ3n) is 3.91. The van der Waals surface area contributed by atoms with Gasteiger partial charge in [0.1, 0.15) is 12.4 Å². The fourth-order valence-electron chi connectivity index (χ4n) is 2.57. The Morgan fingerprint density at radius 2 is 1.74 bits per heavy atom. The van der Waals surface area contributed by atoms with E-state index in [1.54, 1.807) is 6.08 Å². The van der Waals surface area contributed by atoms with Crippen molar-refractivity contribution in [2.45, 2.75) is 26.5 Å². The summed E-state index contributed by atoms with van der Waals surface area (Å²) in [6.07, 6.45) is 1.72. The zero-order valence-corrected chi connectivity index (χ0v) is 18.7. The van der Waals surface area contributed by atoms with Gasteiger partial charge in [0, 0.05) is 20.6 Å². The molecule has 0 radical (unpaired) electrons. The summed E-state index contributed by atoms with van der Waals surface area (Å²) >= 11 is 7.83. The smallest absolute Gasteiger partial charge is 0.293 e. The van der Waals surface area contributed by atoms with E-state index in [0.717, 1.165) is 31.8 Å². The number of hydrogen-bond donors (Lipinski definition) is 0. The van der Waals surface area contributed by atoms with Crippen LogP contribution in [0.4, 0.5) is 4.79 Å². The van der Waals surface area contributed by atoms with Gasteiger partial charge in [-0.05, 0) is 67.6 Å². The van der Waals surface area contributed by atoms with Gasteiger partial charge in [-0.3, -0.25) is 14.5 Å². The number of amides is 2. The van der Waals surface area contributed by atoms with Gasteiger partial charge in [-0.15, -0.1) is 0 Å². The van der Waals surface area contributed by atoms with E-state index in [2.05, 4.69) is 31.9 Å². The van der Waals surface area contributed by atoms with Crippen molar-refractivity contribution in [1.82, 2.24) is 4.90 Å². The highest BCUT2D eigenvalue weighted by Crippen LogP contribution is 2.36. The molecule has 2 aromatic carbocycles. The lowest BCUT2D eigenvalue weighted by Crippen LogP contribution is -2.34. The van der Waals surface area contributed by atoms with Crippen LogP contribution in [0.5, 0.6) is 5.75 Å². The van der Waals surface area contributed by atoms with Crippen LogP contribution in [0, 0.1) is 0 Å². The minimum atomic E-state index is -0.265. The third-order valence-corrected chi connectivity index (χ3v) is 5.81. The molecule has 0 atom stereocenters. The van der Waals surface area contributed by atoms with Gasteiger partial charge in [0.05, 0.1) is 4.91 Å². The molecule has 0 bridgehead atoms. The third kappa shape index (κ3) is 4.83. The minimum absolute atomic E-state index is 0.168.